The molecule has 0 saturated carbocycles. The highest BCUT2D eigenvalue weighted by molar-refractivity contribution is 7.21. The second kappa shape index (κ2) is 9.62. The molecule has 0 spiro atoms. The van der Waals surface area contributed by atoms with E-state index in [4.69, 9.17) is 32.4 Å². The third-order valence-corrected chi connectivity index (χ3v) is 6.66. The normalized spacial score (nSPS) is 11.2. The van der Waals surface area contributed by atoms with Crippen molar-refractivity contribution in [3.8, 4) is 5.75 Å². The number of thiophene rings is 1. The van der Waals surface area contributed by atoms with E-state index in [1.54, 1.807) is 24.3 Å². The molecule has 0 aliphatic rings. The number of benzene rings is 2. The summed E-state index contributed by atoms with van der Waals surface area (Å²) in [6.45, 7) is 2.10. The third-order valence-electron chi connectivity index (χ3n) is 4.58. The van der Waals surface area contributed by atoms with Crippen LogP contribution in [0.2, 0.25) is 10.0 Å². The Bertz CT molecular complexity index is 1400. The molecule has 4 rings (SSSR count). The van der Waals surface area contributed by atoms with Crippen LogP contribution in [0.25, 0.3) is 10.1 Å². The number of hydrazone groups is 1. The van der Waals surface area contributed by atoms with E-state index in [9.17, 15) is 14.9 Å². The zero-order valence-electron chi connectivity index (χ0n) is 17.0. The molecule has 0 atom stereocenters. The average Bonchev–Trinajstić information content (AvgIpc) is 3.38. The van der Waals surface area contributed by atoms with Crippen molar-refractivity contribution in [3.05, 3.63) is 90.7 Å². The van der Waals surface area contributed by atoms with Crippen molar-refractivity contribution in [2.24, 2.45) is 5.10 Å². The van der Waals surface area contributed by atoms with Gasteiger partial charge in [-0.15, -0.1) is 11.3 Å². The minimum absolute atomic E-state index is 0.0748. The molecule has 168 valence electrons. The van der Waals surface area contributed by atoms with Crippen molar-refractivity contribution in [1.29, 1.82) is 0 Å². The van der Waals surface area contributed by atoms with Crippen LogP contribution >= 0.6 is 34.5 Å². The maximum atomic E-state index is 12.5. The van der Waals surface area contributed by atoms with Crippen molar-refractivity contribution in [2.75, 3.05) is 0 Å². The largest absolute Gasteiger partial charge is 0.486 e. The molecule has 0 fully saturated rings. The molecule has 0 aliphatic heterocycles. The Hall–Kier alpha value is -3.40. The number of amides is 1. The summed E-state index contributed by atoms with van der Waals surface area (Å²) >= 11 is 13.3. The minimum Gasteiger partial charge on any atom is -0.486 e. The lowest BCUT2D eigenvalue weighted by atomic mass is 10.2. The van der Waals surface area contributed by atoms with Gasteiger partial charge in [0.05, 0.1) is 16.2 Å². The fourth-order valence-corrected chi connectivity index (χ4v) is 4.48. The summed E-state index contributed by atoms with van der Waals surface area (Å²) < 4.78 is 11.8. The molecule has 1 amide bonds. The molecule has 0 bridgehead atoms. The predicted molar refractivity (Wildman–Crippen MR) is 128 cm³/mol. The number of non-ortho nitro benzene ring substituents is 1. The van der Waals surface area contributed by atoms with Crippen LogP contribution in [0.3, 0.4) is 0 Å². The van der Waals surface area contributed by atoms with E-state index in [-0.39, 0.29) is 22.2 Å². The molecule has 11 heteroatoms. The van der Waals surface area contributed by atoms with Crippen LogP contribution in [0.1, 0.15) is 26.8 Å². The Morgan fingerprint density at radius 3 is 2.82 bits per heavy atom. The monoisotopic (exact) mass is 503 g/mol. The van der Waals surface area contributed by atoms with Crippen molar-refractivity contribution < 1.29 is 18.9 Å². The fourth-order valence-electron chi connectivity index (χ4n) is 2.92. The second-order valence-corrected chi connectivity index (χ2v) is 8.72. The number of hydrogen-bond donors (Lipinski definition) is 1. The molecular weight excluding hydrogens is 489 g/mol. The van der Waals surface area contributed by atoms with E-state index in [1.165, 1.54) is 24.4 Å². The molecule has 2 aromatic carbocycles. The standard InChI is InChI=1S/C22H15Cl2N3O5S/c1-12-8-14(5-7-18(12)23)31-11-16-4-3-15(32-16)10-25-26-22(28)21-20(24)17-6-2-13(27(29)30)9-19(17)33-21/h2-10H,11H2,1H3,(H,26,28)/b25-10+. The van der Waals surface area contributed by atoms with Crippen molar-refractivity contribution in [1.82, 2.24) is 5.43 Å². The summed E-state index contributed by atoms with van der Waals surface area (Å²) in [4.78, 5) is 23.1. The number of nitrogens with one attached hydrogen (secondary N) is 1. The number of fused-ring (bicyclic) bond motifs is 1. The van der Waals surface area contributed by atoms with Crippen molar-refractivity contribution >= 4 is 62.4 Å². The van der Waals surface area contributed by atoms with Gasteiger partial charge in [0, 0.05) is 27.2 Å². The molecule has 33 heavy (non-hydrogen) atoms. The first-order valence-corrected chi connectivity index (χ1v) is 11.1. The first-order valence-electron chi connectivity index (χ1n) is 9.49. The van der Waals surface area contributed by atoms with Gasteiger partial charge in [-0.3, -0.25) is 14.9 Å². The van der Waals surface area contributed by atoms with Crippen LogP contribution in [0, 0.1) is 17.0 Å². The van der Waals surface area contributed by atoms with E-state index in [0.29, 0.717) is 32.4 Å². The number of nitrogens with zero attached hydrogens (tertiary/aromatic N) is 2. The number of hydrogen-bond acceptors (Lipinski definition) is 7. The topological polar surface area (TPSA) is 107 Å². The van der Waals surface area contributed by atoms with Gasteiger partial charge in [0.2, 0.25) is 0 Å². The number of carbonyl (C=O) groups is 1. The summed E-state index contributed by atoms with van der Waals surface area (Å²) in [6, 6.07) is 13.0. The van der Waals surface area contributed by atoms with Crippen LogP contribution < -0.4 is 10.2 Å². The quantitative estimate of drug-likeness (QED) is 0.179. The number of nitro groups is 1. The third kappa shape index (κ3) is 5.16. The molecule has 0 aliphatic carbocycles. The van der Waals surface area contributed by atoms with Gasteiger partial charge < -0.3 is 9.15 Å². The maximum Gasteiger partial charge on any atom is 0.283 e. The SMILES string of the molecule is Cc1cc(OCc2ccc(/C=N/NC(=O)c3sc4cc([N+](=O)[O-])ccc4c3Cl)o2)ccc1Cl. The van der Waals surface area contributed by atoms with Gasteiger partial charge in [-0.1, -0.05) is 23.2 Å². The lowest BCUT2D eigenvalue weighted by molar-refractivity contribution is -0.384. The Labute approximate surface area is 201 Å². The van der Waals surface area contributed by atoms with Crippen molar-refractivity contribution in [2.45, 2.75) is 13.5 Å². The van der Waals surface area contributed by atoms with E-state index in [1.807, 2.05) is 13.0 Å². The van der Waals surface area contributed by atoms with E-state index in [0.717, 1.165) is 16.9 Å². The van der Waals surface area contributed by atoms with Crippen molar-refractivity contribution in [3.63, 3.8) is 0 Å². The summed E-state index contributed by atoms with van der Waals surface area (Å²) in [6.07, 6.45) is 1.35. The van der Waals surface area contributed by atoms with E-state index >= 15 is 0 Å². The Balaban J connectivity index is 1.38. The summed E-state index contributed by atoms with van der Waals surface area (Å²) in [7, 11) is 0. The van der Waals surface area contributed by atoms with Gasteiger partial charge in [-0.25, -0.2) is 5.43 Å². The van der Waals surface area contributed by atoms with Gasteiger partial charge in [0.1, 0.15) is 28.8 Å². The van der Waals surface area contributed by atoms with Gasteiger partial charge in [-0.2, -0.15) is 5.10 Å². The summed E-state index contributed by atoms with van der Waals surface area (Å²) in [5, 5.41) is 16.3. The van der Waals surface area contributed by atoms with E-state index in [2.05, 4.69) is 10.5 Å². The number of ether oxygens (including phenoxy) is 1. The number of halogens is 2. The molecule has 0 unspecified atom stereocenters. The lowest BCUT2D eigenvalue weighted by Crippen LogP contribution is -2.16. The summed E-state index contributed by atoms with van der Waals surface area (Å²) in [5.41, 5.74) is 3.22. The number of nitro benzene ring substituents is 1. The summed E-state index contributed by atoms with van der Waals surface area (Å²) in [5.74, 6) is 1.12. The highest BCUT2D eigenvalue weighted by Crippen LogP contribution is 2.37. The number of aryl methyl sites for hydroxylation is 1. The molecule has 1 N–H and O–H groups in total. The van der Waals surface area contributed by atoms with Gasteiger partial charge in [0.25, 0.3) is 11.6 Å². The first-order chi connectivity index (χ1) is 15.8. The highest BCUT2D eigenvalue weighted by atomic mass is 35.5. The van der Waals surface area contributed by atoms with Crippen LogP contribution in [-0.2, 0) is 6.61 Å². The van der Waals surface area contributed by atoms with Gasteiger partial charge in [0.15, 0.2) is 0 Å². The molecule has 2 heterocycles. The maximum absolute atomic E-state index is 12.5. The zero-order valence-corrected chi connectivity index (χ0v) is 19.3. The van der Waals surface area contributed by atoms with Crippen LogP contribution in [0.5, 0.6) is 5.75 Å². The zero-order chi connectivity index (χ0) is 23.5. The first kappa shape index (κ1) is 22.8. The number of carbonyl (C=O) groups excluding carboxylic acids is 1. The number of furan rings is 1. The van der Waals surface area contributed by atoms with E-state index < -0.39 is 10.8 Å². The second-order valence-electron chi connectivity index (χ2n) is 6.89. The molecule has 4 aromatic rings. The smallest absolute Gasteiger partial charge is 0.283 e. The minimum atomic E-state index is -0.534. The van der Waals surface area contributed by atoms with Gasteiger partial charge >= 0.3 is 0 Å². The molecular formula is C22H15Cl2N3O5S. The number of rotatable bonds is 7. The fraction of sp³-hybridized carbons (Fsp3) is 0.0909. The predicted octanol–water partition coefficient (Wildman–Crippen LogP) is 6.36. The molecule has 2 aromatic heterocycles. The Morgan fingerprint density at radius 1 is 1.24 bits per heavy atom. The molecule has 0 radical (unpaired) electrons. The average molecular weight is 504 g/mol. The highest BCUT2D eigenvalue weighted by Gasteiger charge is 2.19. The Morgan fingerprint density at radius 2 is 2.06 bits per heavy atom. The van der Waals surface area contributed by atoms with Crippen LogP contribution in [0.4, 0.5) is 5.69 Å². The lowest BCUT2D eigenvalue weighted by Gasteiger charge is -2.05. The van der Waals surface area contributed by atoms with Crippen LogP contribution in [-0.4, -0.2) is 17.0 Å². The van der Waals surface area contributed by atoms with Crippen LogP contribution in [0.15, 0.2) is 58.0 Å². The molecule has 8 nitrogen and oxygen atoms in total. The Kier molecular flexibility index (Phi) is 6.64. The van der Waals surface area contributed by atoms with Gasteiger partial charge in [-0.05, 0) is 48.9 Å². The molecule has 0 saturated heterocycles.